The molecule has 2 saturated heterocycles. The van der Waals surface area contributed by atoms with Crippen LogP contribution in [-0.2, 0) is 5.41 Å². The summed E-state index contributed by atoms with van der Waals surface area (Å²) >= 11 is 1.51. The maximum Gasteiger partial charge on any atom is 0.228 e. The van der Waals surface area contributed by atoms with Crippen molar-refractivity contribution in [2.75, 3.05) is 66.7 Å². The van der Waals surface area contributed by atoms with E-state index in [2.05, 4.69) is 73.9 Å². The summed E-state index contributed by atoms with van der Waals surface area (Å²) < 4.78 is 15.2. The van der Waals surface area contributed by atoms with E-state index in [-0.39, 0.29) is 11.1 Å². The topological polar surface area (TPSA) is 112 Å². The number of nitrogen functional groups attached to an aromatic ring is 1. The lowest BCUT2D eigenvalue weighted by Gasteiger charge is -2.39. The second-order valence-corrected chi connectivity index (χ2v) is 14.9. The molecule has 1 aromatic carbocycles. The number of thiazole rings is 1. The minimum absolute atomic E-state index is 0.0868. The Morgan fingerprint density at radius 3 is 2.39 bits per heavy atom. The van der Waals surface area contributed by atoms with E-state index >= 15 is 4.39 Å². The third-order valence-corrected chi connectivity index (χ3v) is 10.8. The first kappa shape index (κ1) is 32.8. The summed E-state index contributed by atoms with van der Waals surface area (Å²) in [5, 5.41) is 4.13. The Bertz CT molecular complexity index is 1860. The van der Waals surface area contributed by atoms with Crippen molar-refractivity contribution < 1.29 is 4.39 Å². The van der Waals surface area contributed by atoms with Crippen LogP contribution in [0.5, 0.6) is 0 Å². The lowest BCUT2D eigenvalue weighted by atomic mass is 9.96. The molecule has 0 bridgehead atoms. The molecule has 0 unspecified atom stereocenters. The number of nitrogens with two attached hydrogens (primary N) is 1. The molecule has 0 aliphatic carbocycles. The van der Waals surface area contributed by atoms with E-state index < -0.39 is 5.82 Å². The number of pyridine rings is 2. The highest BCUT2D eigenvalue weighted by atomic mass is 32.1. The van der Waals surface area contributed by atoms with Gasteiger partial charge in [0.15, 0.2) is 5.82 Å². The van der Waals surface area contributed by atoms with E-state index in [9.17, 15) is 0 Å². The quantitative estimate of drug-likeness (QED) is 0.169. The molecule has 5 aromatic rings. The third-order valence-electron chi connectivity index (χ3n) is 9.27. The molecule has 2 aliphatic rings. The highest BCUT2D eigenvalue weighted by molar-refractivity contribution is 7.15. The normalized spacial score (nSPS) is 16.2. The van der Waals surface area contributed by atoms with Gasteiger partial charge in [0.05, 0.1) is 38.8 Å². The molecule has 0 amide bonds. The molecule has 0 atom stereocenters. The number of nitrogens with zero attached hydrogens (tertiary/aromatic N) is 8. The summed E-state index contributed by atoms with van der Waals surface area (Å²) in [5.74, 6) is 2.41. The fraction of sp³-hybridized carbons (Fsp3) is 0.378. The van der Waals surface area contributed by atoms with E-state index in [1.54, 1.807) is 24.4 Å². The van der Waals surface area contributed by atoms with Crippen molar-refractivity contribution in [2.24, 2.45) is 5.92 Å². The summed E-state index contributed by atoms with van der Waals surface area (Å²) in [6, 6.07) is 17.0. The van der Waals surface area contributed by atoms with Crippen LogP contribution >= 0.6 is 11.3 Å². The molecule has 6 heterocycles. The first-order valence-corrected chi connectivity index (χ1v) is 17.8. The smallest absolute Gasteiger partial charge is 0.228 e. The zero-order valence-electron chi connectivity index (χ0n) is 28.3. The third kappa shape index (κ3) is 7.50. The maximum absolute atomic E-state index is 15.2. The lowest BCUT2D eigenvalue weighted by molar-refractivity contribution is 0.201. The Hall–Kier alpha value is -4.68. The number of halogens is 1. The van der Waals surface area contributed by atoms with Gasteiger partial charge in [0.2, 0.25) is 5.95 Å². The highest BCUT2D eigenvalue weighted by Crippen LogP contribution is 2.41. The summed E-state index contributed by atoms with van der Waals surface area (Å²) in [5.41, 5.74) is 8.42. The van der Waals surface area contributed by atoms with E-state index in [1.165, 1.54) is 30.7 Å². The number of anilines is 5. The van der Waals surface area contributed by atoms with Crippen LogP contribution in [0.2, 0.25) is 0 Å². The fourth-order valence-corrected chi connectivity index (χ4v) is 7.58. The molecule has 0 saturated carbocycles. The maximum atomic E-state index is 15.2. The van der Waals surface area contributed by atoms with E-state index in [0.29, 0.717) is 28.7 Å². The number of piperazine rings is 1. The van der Waals surface area contributed by atoms with Crippen LogP contribution < -0.4 is 20.9 Å². The molecule has 2 aliphatic heterocycles. The number of piperidine rings is 1. The number of nitrogens with one attached hydrogen (secondary N) is 1. The molecule has 254 valence electrons. The molecule has 2 fully saturated rings. The van der Waals surface area contributed by atoms with Gasteiger partial charge in [0, 0.05) is 69.2 Å². The molecular formula is C37H43FN10S. The van der Waals surface area contributed by atoms with Crippen LogP contribution in [0.1, 0.15) is 38.6 Å². The van der Waals surface area contributed by atoms with Gasteiger partial charge in [-0.1, -0.05) is 32.9 Å². The monoisotopic (exact) mass is 678 g/mol. The second-order valence-electron chi connectivity index (χ2n) is 13.9. The zero-order valence-corrected chi connectivity index (χ0v) is 29.1. The molecule has 3 N–H and O–H groups in total. The summed E-state index contributed by atoms with van der Waals surface area (Å²) in [6.07, 6.45) is 7.91. The van der Waals surface area contributed by atoms with Crippen LogP contribution in [0, 0.1) is 11.7 Å². The molecule has 0 radical (unpaired) electrons. The van der Waals surface area contributed by atoms with E-state index in [0.717, 1.165) is 66.6 Å². The Labute approximate surface area is 291 Å². The number of hydrogen-bond acceptors (Lipinski definition) is 11. The van der Waals surface area contributed by atoms with E-state index in [4.69, 9.17) is 15.7 Å². The predicted molar refractivity (Wildman–Crippen MR) is 197 cm³/mol. The number of benzene rings is 1. The van der Waals surface area contributed by atoms with Crippen molar-refractivity contribution in [2.45, 2.75) is 39.0 Å². The first-order valence-electron chi connectivity index (χ1n) is 17.0. The molecular weight excluding hydrogens is 636 g/mol. The van der Waals surface area contributed by atoms with Gasteiger partial charge in [-0.3, -0.25) is 4.90 Å². The van der Waals surface area contributed by atoms with Gasteiger partial charge in [-0.15, -0.1) is 11.3 Å². The van der Waals surface area contributed by atoms with Crippen molar-refractivity contribution >= 4 is 40.3 Å². The van der Waals surface area contributed by atoms with Crippen molar-refractivity contribution in [1.29, 1.82) is 0 Å². The summed E-state index contributed by atoms with van der Waals surface area (Å²) in [6.45, 7) is 13.7. The van der Waals surface area contributed by atoms with Crippen LogP contribution in [0.3, 0.4) is 0 Å². The SMILES string of the molecule is CC(C)(C)c1nc(-c2cccc(N)c2F)c(-c2ccnc(Nc3ccc(N4CCN(CC5CCN(c6ccccn6)CC5)CC4)cn3)n2)s1. The van der Waals surface area contributed by atoms with Crippen molar-refractivity contribution in [3.63, 3.8) is 0 Å². The number of aromatic nitrogens is 5. The molecule has 0 spiro atoms. The number of hydrogen-bond donors (Lipinski definition) is 2. The molecule has 12 heteroatoms. The largest absolute Gasteiger partial charge is 0.396 e. The molecule has 49 heavy (non-hydrogen) atoms. The van der Waals surface area contributed by atoms with Gasteiger partial charge in [-0.25, -0.2) is 29.3 Å². The second kappa shape index (κ2) is 14.0. The van der Waals surface area contributed by atoms with E-state index in [1.807, 2.05) is 30.6 Å². The molecule has 10 nitrogen and oxygen atoms in total. The zero-order chi connectivity index (χ0) is 34.0. The molecule has 4 aromatic heterocycles. The van der Waals surface area contributed by atoms with Gasteiger partial charge in [-0.05, 0) is 61.2 Å². The van der Waals surface area contributed by atoms with Gasteiger partial charge in [0.25, 0.3) is 0 Å². The van der Waals surface area contributed by atoms with Crippen molar-refractivity contribution in [1.82, 2.24) is 29.8 Å². The Morgan fingerprint density at radius 1 is 0.857 bits per heavy atom. The van der Waals surface area contributed by atoms with Gasteiger partial charge in [-0.2, -0.15) is 0 Å². The highest BCUT2D eigenvalue weighted by Gasteiger charge is 2.27. The minimum Gasteiger partial charge on any atom is -0.396 e. The van der Waals surface area contributed by atoms with Crippen LogP contribution in [0.4, 0.5) is 33.3 Å². The average Bonchev–Trinajstić information content (AvgIpc) is 3.58. The summed E-state index contributed by atoms with van der Waals surface area (Å²) in [4.78, 5) is 31.5. The van der Waals surface area contributed by atoms with Crippen molar-refractivity contribution in [3.8, 4) is 21.8 Å². The van der Waals surface area contributed by atoms with Crippen LogP contribution in [-0.4, -0.2) is 75.6 Å². The van der Waals surface area contributed by atoms with Crippen molar-refractivity contribution in [3.05, 3.63) is 84.0 Å². The lowest BCUT2D eigenvalue weighted by Crippen LogP contribution is -2.49. The van der Waals surface area contributed by atoms with Gasteiger partial charge < -0.3 is 20.9 Å². The standard InChI is InChI=1S/C37H43FN10S/c1-37(2,3)35-45-33(27-7-6-8-28(39)32(27)38)34(49-35)29-12-16-41-36(43-29)44-30-11-10-26(23-42-30)47-21-19-46(20-22-47)24-25-13-17-48(18-14-25)31-9-4-5-15-40-31/h4-12,15-16,23,25H,13-14,17-22,24,39H2,1-3H3,(H,41,42,43,44). The Morgan fingerprint density at radius 2 is 1.67 bits per heavy atom. The minimum atomic E-state index is -0.481. The van der Waals surface area contributed by atoms with Crippen LogP contribution in [0.15, 0.2) is 73.2 Å². The Balaban J connectivity index is 0.967. The van der Waals surface area contributed by atoms with Crippen LogP contribution in [0.25, 0.3) is 21.8 Å². The summed E-state index contributed by atoms with van der Waals surface area (Å²) in [7, 11) is 0. The molecule has 7 rings (SSSR count). The number of rotatable bonds is 8. The van der Waals surface area contributed by atoms with Gasteiger partial charge in [0.1, 0.15) is 11.6 Å². The first-order chi connectivity index (χ1) is 23.7. The Kier molecular flexibility index (Phi) is 9.42. The fourth-order valence-electron chi connectivity index (χ4n) is 6.48. The van der Waals surface area contributed by atoms with Gasteiger partial charge >= 0.3 is 0 Å². The average molecular weight is 679 g/mol. The predicted octanol–water partition coefficient (Wildman–Crippen LogP) is 6.86.